The lowest BCUT2D eigenvalue weighted by Gasteiger charge is -1.96. The third-order valence-electron chi connectivity index (χ3n) is 1.50. The molecule has 1 aliphatic rings. The van der Waals surface area contributed by atoms with E-state index in [0.717, 1.165) is 13.0 Å². The first kappa shape index (κ1) is 6.93. The first-order valence-electron chi connectivity index (χ1n) is 3.12. The Hall–Kier alpha value is -0.180. The number of carbonyl (C=O) groups is 1. The third-order valence-corrected chi connectivity index (χ3v) is 2.13. The number of nitrogens with one attached hydrogen (secondary N) is 1. The highest BCUT2D eigenvalue weighted by Crippen LogP contribution is 2.34. The van der Waals surface area contributed by atoms with Crippen LogP contribution in [0.4, 0.5) is 0 Å². The van der Waals surface area contributed by atoms with E-state index in [9.17, 15) is 4.79 Å². The van der Waals surface area contributed by atoms with Crippen molar-refractivity contribution in [2.45, 2.75) is 18.6 Å². The van der Waals surface area contributed by atoms with E-state index >= 15 is 0 Å². The van der Waals surface area contributed by atoms with Crippen LogP contribution in [0, 0.1) is 5.92 Å². The zero-order valence-electron chi connectivity index (χ0n) is 5.42. The van der Waals surface area contributed by atoms with Crippen molar-refractivity contribution in [1.82, 2.24) is 5.32 Å². The van der Waals surface area contributed by atoms with Crippen LogP contribution in [-0.2, 0) is 4.79 Å². The van der Waals surface area contributed by atoms with Crippen LogP contribution in [0.25, 0.3) is 0 Å². The highest BCUT2D eigenvalue weighted by atomic mass is 32.1. The maximum Gasteiger partial charge on any atom is 0.216 e. The van der Waals surface area contributed by atoms with Crippen LogP contribution in [0.5, 0.6) is 0 Å². The van der Waals surface area contributed by atoms with Gasteiger partial charge in [0.05, 0.1) is 0 Å². The van der Waals surface area contributed by atoms with Crippen LogP contribution >= 0.6 is 12.6 Å². The molecule has 2 atom stereocenters. The van der Waals surface area contributed by atoms with Gasteiger partial charge in [0.1, 0.15) is 0 Å². The molecule has 0 aromatic rings. The van der Waals surface area contributed by atoms with Crippen molar-refractivity contribution in [2.24, 2.45) is 5.92 Å². The second kappa shape index (κ2) is 2.60. The molecule has 0 spiro atoms. The topological polar surface area (TPSA) is 29.1 Å². The Morgan fingerprint density at radius 2 is 2.44 bits per heavy atom. The van der Waals surface area contributed by atoms with E-state index in [2.05, 4.69) is 17.9 Å². The molecule has 1 saturated carbocycles. The van der Waals surface area contributed by atoms with E-state index in [1.165, 1.54) is 6.92 Å². The molecule has 1 aliphatic carbocycles. The van der Waals surface area contributed by atoms with Crippen LogP contribution in [0.2, 0.25) is 0 Å². The fraction of sp³-hybridized carbons (Fsp3) is 0.833. The lowest BCUT2D eigenvalue weighted by molar-refractivity contribution is -0.119. The minimum absolute atomic E-state index is 0.0578. The zero-order chi connectivity index (χ0) is 6.85. The lowest BCUT2D eigenvalue weighted by atomic mass is 10.4. The minimum atomic E-state index is 0.0578. The molecular weight excluding hydrogens is 134 g/mol. The average molecular weight is 145 g/mol. The van der Waals surface area contributed by atoms with Crippen molar-refractivity contribution in [2.75, 3.05) is 6.54 Å². The fourth-order valence-corrected chi connectivity index (χ4v) is 1.10. The Labute approximate surface area is 60.4 Å². The summed E-state index contributed by atoms with van der Waals surface area (Å²) in [6, 6.07) is 0. The maximum atomic E-state index is 10.3. The Morgan fingerprint density at radius 3 is 2.78 bits per heavy atom. The molecule has 0 aromatic heterocycles. The number of amides is 1. The van der Waals surface area contributed by atoms with Gasteiger partial charge in [-0.15, -0.1) is 0 Å². The summed E-state index contributed by atoms with van der Waals surface area (Å²) in [5.74, 6) is 0.694. The molecule has 1 rings (SSSR count). The molecule has 9 heavy (non-hydrogen) atoms. The van der Waals surface area contributed by atoms with Crippen LogP contribution in [0.1, 0.15) is 13.3 Å². The maximum absolute atomic E-state index is 10.3. The quantitative estimate of drug-likeness (QED) is 0.542. The molecule has 2 unspecified atom stereocenters. The van der Waals surface area contributed by atoms with Crippen molar-refractivity contribution < 1.29 is 4.79 Å². The van der Waals surface area contributed by atoms with Crippen LogP contribution in [0.15, 0.2) is 0 Å². The van der Waals surface area contributed by atoms with Gasteiger partial charge in [-0.3, -0.25) is 4.79 Å². The molecule has 0 aliphatic heterocycles. The Bertz CT molecular complexity index is 126. The first-order chi connectivity index (χ1) is 4.20. The van der Waals surface area contributed by atoms with E-state index < -0.39 is 0 Å². The summed E-state index contributed by atoms with van der Waals surface area (Å²) in [5, 5.41) is 3.29. The number of thiol groups is 1. The van der Waals surface area contributed by atoms with Gasteiger partial charge in [-0.1, -0.05) is 0 Å². The standard InChI is InChI=1S/C6H11NOS/c1-4(8)7-3-5-2-6(5)9/h5-6,9H,2-3H2,1H3,(H,7,8). The monoisotopic (exact) mass is 145 g/mol. The van der Waals surface area contributed by atoms with Gasteiger partial charge in [-0.2, -0.15) is 12.6 Å². The van der Waals surface area contributed by atoms with Gasteiger partial charge >= 0.3 is 0 Å². The molecule has 1 fully saturated rings. The first-order valence-corrected chi connectivity index (χ1v) is 3.64. The molecule has 3 heteroatoms. The Morgan fingerprint density at radius 1 is 1.89 bits per heavy atom. The molecule has 0 bridgehead atoms. The van der Waals surface area contributed by atoms with Gasteiger partial charge in [-0.05, 0) is 12.3 Å². The van der Waals surface area contributed by atoms with E-state index in [-0.39, 0.29) is 5.91 Å². The SMILES string of the molecule is CC(=O)NCC1CC1S. The number of hydrogen-bond donors (Lipinski definition) is 2. The second-order valence-electron chi connectivity index (χ2n) is 2.50. The van der Waals surface area contributed by atoms with Crippen molar-refractivity contribution >= 4 is 18.5 Å². The molecule has 0 saturated heterocycles. The van der Waals surface area contributed by atoms with Gasteiger partial charge in [0.25, 0.3) is 0 Å². The summed E-state index contributed by atoms with van der Waals surface area (Å²) in [6.45, 7) is 2.35. The average Bonchev–Trinajstić information content (AvgIpc) is 2.42. The lowest BCUT2D eigenvalue weighted by Crippen LogP contribution is -2.22. The van der Waals surface area contributed by atoms with Gasteiger partial charge in [0, 0.05) is 18.7 Å². The molecule has 0 heterocycles. The molecule has 1 amide bonds. The number of hydrogen-bond acceptors (Lipinski definition) is 2. The third kappa shape index (κ3) is 2.26. The summed E-state index contributed by atoms with van der Waals surface area (Å²) in [7, 11) is 0. The summed E-state index contributed by atoms with van der Waals surface area (Å²) < 4.78 is 0. The van der Waals surface area contributed by atoms with Gasteiger partial charge in [-0.25, -0.2) is 0 Å². The van der Waals surface area contributed by atoms with E-state index in [1.807, 2.05) is 0 Å². The molecule has 52 valence electrons. The fourth-order valence-electron chi connectivity index (χ4n) is 0.726. The van der Waals surface area contributed by atoms with Crippen LogP contribution < -0.4 is 5.32 Å². The molecule has 0 radical (unpaired) electrons. The predicted molar refractivity (Wildman–Crippen MR) is 39.6 cm³/mol. The number of carbonyl (C=O) groups excluding carboxylic acids is 1. The van der Waals surface area contributed by atoms with Crippen molar-refractivity contribution in [3.8, 4) is 0 Å². The van der Waals surface area contributed by atoms with Crippen LogP contribution in [-0.4, -0.2) is 17.7 Å². The summed E-state index contributed by atoms with van der Waals surface area (Å²) in [5.41, 5.74) is 0. The summed E-state index contributed by atoms with van der Waals surface area (Å²) in [6.07, 6.45) is 1.16. The summed E-state index contributed by atoms with van der Waals surface area (Å²) >= 11 is 4.22. The van der Waals surface area contributed by atoms with E-state index in [4.69, 9.17) is 0 Å². The highest BCUT2D eigenvalue weighted by Gasteiger charge is 2.33. The second-order valence-corrected chi connectivity index (χ2v) is 3.16. The normalized spacial score (nSPS) is 31.8. The predicted octanol–water partition coefficient (Wildman–Crippen LogP) is 0.441. The van der Waals surface area contributed by atoms with Crippen molar-refractivity contribution in [3.63, 3.8) is 0 Å². The molecular formula is C6H11NOS. The van der Waals surface area contributed by atoms with Gasteiger partial charge in [0.2, 0.25) is 5.91 Å². The molecule has 0 aromatic carbocycles. The largest absolute Gasteiger partial charge is 0.356 e. The Kier molecular flexibility index (Phi) is 2.01. The molecule has 2 nitrogen and oxygen atoms in total. The van der Waals surface area contributed by atoms with Gasteiger partial charge < -0.3 is 5.32 Å². The number of rotatable bonds is 2. The highest BCUT2D eigenvalue weighted by molar-refractivity contribution is 7.81. The molecule has 1 N–H and O–H groups in total. The smallest absolute Gasteiger partial charge is 0.216 e. The van der Waals surface area contributed by atoms with E-state index in [1.54, 1.807) is 0 Å². The van der Waals surface area contributed by atoms with Crippen LogP contribution in [0.3, 0.4) is 0 Å². The minimum Gasteiger partial charge on any atom is -0.356 e. The van der Waals surface area contributed by atoms with Gasteiger partial charge in [0.15, 0.2) is 0 Å². The van der Waals surface area contributed by atoms with Crippen molar-refractivity contribution in [3.05, 3.63) is 0 Å². The summed E-state index contributed by atoms with van der Waals surface area (Å²) in [4.78, 5) is 10.3. The zero-order valence-corrected chi connectivity index (χ0v) is 6.32. The Balaban J connectivity index is 2.00. The van der Waals surface area contributed by atoms with E-state index in [0.29, 0.717) is 11.2 Å². The van der Waals surface area contributed by atoms with Crippen molar-refractivity contribution in [1.29, 1.82) is 0 Å².